The van der Waals surface area contributed by atoms with Gasteiger partial charge in [-0.3, -0.25) is 4.79 Å². The van der Waals surface area contributed by atoms with Crippen LogP contribution in [0.3, 0.4) is 0 Å². The SMILES string of the molecule is O=C1C(=Cc2cc(Br)ccc2O)Oc2c1ccc(O)c2O. The van der Waals surface area contributed by atoms with Crippen molar-refractivity contribution in [3.8, 4) is 23.0 Å². The van der Waals surface area contributed by atoms with Crippen LogP contribution in [0.15, 0.2) is 40.6 Å². The maximum absolute atomic E-state index is 12.2. The second-order valence-electron chi connectivity index (χ2n) is 4.45. The van der Waals surface area contributed by atoms with Crippen LogP contribution in [0.25, 0.3) is 6.08 Å². The van der Waals surface area contributed by atoms with Gasteiger partial charge in [-0.05, 0) is 36.4 Å². The van der Waals surface area contributed by atoms with Crippen molar-refractivity contribution in [2.75, 3.05) is 0 Å². The molecule has 0 fully saturated rings. The molecular formula is C15H9BrO5. The number of hydrogen-bond acceptors (Lipinski definition) is 5. The molecule has 0 aromatic heterocycles. The minimum Gasteiger partial charge on any atom is -0.507 e. The predicted molar refractivity (Wildman–Crippen MR) is 78.5 cm³/mol. The van der Waals surface area contributed by atoms with Crippen molar-refractivity contribution in [2.45, 2.75) is 0 Å². The van der Waals surface area contributed by atoms with Crippen molar-refractivity contribution in [3.63, 3.8) is 0 Å². The number of halogens is 1. The van der Waals surface area contributed by atoms with Crippen molar-refractivity contribution >= 4 is 27.8 Å². The molecule has 3 rings (SSSR count). The second kappa shape index (κ2) is 4.82. The molecule has 2 aromatic carbocycles. The Morgan fingerprint density at radius 1 is 1.05 bits per heavy atom. The molecule has 5 nitrogen and oxygen atoms in total. The number of ether oxygens (including phenoxy) is 1. The van der Waals surface area contributed by atoms with E-state index >= 15 is 0 Å². The van der Waals surface area contributed by atoms with E-state index in [0.29, 0.717) is 5.56 Å². The summed E-state index contributed by atoms with van der Waals surface area (Å²) in [5.74, 6) is -1.42. The summed E-state index contributed by atoms with van der Waals surface area (Å²) in [6.07, 6.45) is 1.37. The molecule has 0 atom stereocenters. The number of phenolic OH excluding ortho intramolecular Hbond substituents is 3. The number of aromatic hydroxyl groups is 3. The van der Waals surface area contributed by atoms with E-state index in [9.17, 15) is 20.1 Å². The quantitative estimate of drug-likeness (QED) is 0.544. The van der Waals surface area contributed by atoms with Crippen molar-refractivity contribution in [1.29, 1.82) is 0 Å². The lowest BCUT2D eigenvalue weighted by molar-refractivity contribution is 0.101. The van der Waals surface area contributed by atoms with Crippen LogP contribution in [0.5, 0.6) is 23.0 Å². The molecule has 21 heavy (non-hydrogen) atoms. The fourth-order valence-corrected chi connectivity index (χ4v) is 2.39. The molecule has 1 aliphatic heterocycles. The number of benzene rings is 2. The van der Waals surface area contributed by atoms with Crippen molar-refractivity contribution < 1.29 is 24.9 Å². The third kappa shape index (κ3) is 2.23. The van der Waals surface area contributed by atoms with Gasteiger partial charge in [0.25, 0.3) is 0 Å². The van der Waals surface area contributed by atoms with E-state index in [1.54, 1.807) is 12.1 Å². The molecule has 0 bridgehead atoms. The van der Waals surface area contributed by atoms with Crippen LogP contribution < -0.4 is 4.74 Å². The van der Waals surface area contributed by atoms with Crippen LogP contribution in [0, 0.1) is 0 Å². The Kier molecular flexibility index (Phi) is 3.10. The lowest BCUT2D eigenvalue weighted by Gasteiger charge is -2.03. The minimum atomic E-state index is -0.484. The molecule has 0 aliphatic carbocycles. The molecule has 0 radical (unpaired) electrons. The molecular weight excluding hydrogens is 340 g/mol. The van der Waals surface area contributed by atoms with Gasteiger partial charge in [-0.25, -0.2) is 0 Å². The summed E-state index contributed by atoms with van der Waals surface area (Å²) in [5.41, 5.74) is 0.551. The van der Waals surface area contributed by atoms with Gasteiger partial charge < -0.3 is 20.1 Å². The monoisotopic (exact) mass is 348 g/mol. The first kappa shape index (κ1) is 13.5. The Bertz CT molecular complexity index is 795. The van der Waals surface area contributed by atoms with E-state index in [1.165, 1.54) is 24.3 Å². The van der Waals surface area contributed by atoms with Crippen LogP contribution in [0.2, 0.25) is 0 Å². The van der Waals surface area contributed by atoms with E-state index in [0.717, 1.165) is 4.47 Å². The average Bonchev–Trinajstić information content (AvgIpc) is 2.76. The Balaban J connectivity index is 2.07. The van der Waals surface area contributed by atoms with E-state index in [2.05, 4.69) is 15.9 Å². The summed E-state index contributed by atoms with van der Waals surface area (Å²) in [6.45, 7) is 0. The number of rotatable bonds is 1. The lowest BCUT2D eigenvalue weighted by Crippen LogP contribution is -1.98. The lowest BCUT2D eigenvalue weighted by atomic mass is 10.1. The van der Waals surface area contributed by atoms with Gasteiger partial charge in [0.05, 0.1) is 5.56 Å². The molecule has 1 heterocycles. The first-order valence-corrected chi connectivity index (χ1v) is 6.74. The Hall–Kier alpha value is -2.47. The Morgan fingerprint density at radius 3 is 2.52 bits per heavy atom. The summed E-state index contributed by atoms with van der Waals surface area (Å²) >= 11 is 3.27. The first-order valence-electron chi connectivity index (χ1n) is 5.95. The molecule has 3 N–H and O–H groups in total. The molecule has 6 heteroatoms. The number of carbonyl (C=O) groups excluding carboxylic acids is 1. The third-order valence-corrected chi connectivity index (χ3v) is 3.56. The first-order chi connectivity index (χ1) is 9.97. The molecule has 0 spiro atoms. The topological polar surface area (TPSA) is 87.0 Å². The van der Waals surface area contributed by atoms with Crippen molar-refractivity contribution in [1.82, 2.24) is 0 Å². The van der Waals surface area contributed by atoms with Gasteiger partial charge in [0.1, 0.15) is 5.75 Å². The minimum absolute atomic E-state index is 0.00914. The fourth-order valence-electron chi connectivity index (χ4n) is 2.01. The van der Waals surface area contributed by atoms with Crippen LogP contribution in [-0.2, 0) is 0 Å². The molecule has 0 saturated heterocycles. The second-order valence-corrected chi connectivity index (χ2v) is 5.37. The molecule has 0 amide bonds. The highest BCUT2D eigenvalue weighted by Crippen LogP contribution is 2.44. The van der Waals surface area contributed by atoms with E-state index in [4.69, 9.17) is 4.74 Å². The normalized spacial score (nSPS) is 15.1. The van der Waals surface area contributed by atoms with E-state index < -0.39 is 11.5 Å². The third-order valence-electron chi connectivity index (χ3n) is 3.07. The number of Topliss-reactive ketones (excluding diaryl/α,β-unsaturated/α-hetero) is 1. The Morgan fingerprint density at radius 2 is 1.76 bits per heavy atom. The number of phenols is 3. The van der Waals surface area contributed by atoms with E-state index in [-0.39, 0.29) is 28.6 Å². The summed E-state index contributed by atoms with van der Waals surface area (Å²) < 4.78 is 6.04. The van der Waals surface area contributed by atoms with E-state index in [1.807, 2.05) is 0 Å². The van der Waals surface area contributed by atoms with Crippen LogP contribution in [0.4, 0.5) is 0 Å². The molecule has 106 valence electrons. The number of hydrogen-bond donors (Lipinski definition) is 3. The van der Waals surface area contributed by atoms with Gasteiger partial charge in [0.15, 0.2) is 17.3 Å². The highest BCUT2D eigenvalue weighted by Gasteiger charge is 2.31. The zero-order valence-electron chi connectivity index (χ0n) is 10.5. The molecule has 0 saturated carbocycles. The molecule has 0 unspecified atom stereocenters. The molecule has 2 aromatic rings. The summed E-state index contributed by atoms with van der Waals surface area (Å²) in [5, 5.41) is 28.9. The van der Waals surface area contributed by atoms with Crippen LogP contribution >= 0.6 is 15.9 Å². The Labute approximate surface area is 127 Å². The predicted octanol–water partition coefficient (Wildman–Crippen LogP) is 3.18. The van der Waals surface area contributed by atoms with Gasteiger partial charge in [0.2, 0.25) is 11.5 Å². The maximum atomic E-state index is 12.2. The summed E-state index contributed by atoms with van der Waals surface area (Å²) in [7, 11) is 0. The fraction of sp³-hybridized carbons (Fsp3) is 0. The van der Waals surface area contributed by atoms with Crippen molar-refractivity contribution in [2.24, 2.45) is 0 Å². The van der Waals surface area contributed by atoms with Gasteiger partial charge in [-0.2, -0.15) is 0 Å². The average molecular weight is 349 g/mol. The van der Waals surface area contributed by atoms with Gasteiger partial charge in [-0.1, -0.05) is 15.9 Å². The van der Waals surface area contributed by atoms with Gasteiger partial charge in [-0.15, -0.1) is 0 Å². The number of fused-ring (bicyclic) bond motifs is 1. The van der Waals surface area contributed by atoms with Crippen LogP contribution in [0.1, 0.15) is 15.9 Å². The highest BCUT2D eigenvalue weighted by atomic mass is 79.9. The maximum Gasteiger partial charge on any atom is 0.232 e. The van der Waals surface area contributed by atoms with Crippen molar-refractivity contribution in [3.05, 3.63) is 51.7 Å². The zero-order chi connectivity index (χ0) is 15.1. The summed E-state index contributed by atoms with van der Waals surface area (Å²) in [6, 6.07) is 7.35. The summed E-state index contributed by atoms with van der Waals surface area (Å²) in [4.78, 5) is 12.2. The smallest absolute Gasteiger partial charge is 0.232 e. The standard InChI is InChI=1S/C15H9BrO5/c16-8-1-3-10(17)7(5-8)6-12-13(19)9-2-4-11(18)14(20)15(9)21-12/h1-6,17-18,20H. The molecule has 1 aliphatic rings. The van der Waals surface area contributed by atoms with Gasteiger partial charge >= 0.3 is 0 Å². The van der Waals surface area contributed by atoms with Gasteiger partial charge in [0, 0.05) is 10.0 Å². The number of ketones is 1. The number of carbonyl (C=O) groups is 1. The zero-order valence-corrected chi connectivity index (χ0v) is 12.1. The number of allylic oxidation sites excluding steroid dienone is 1. The highest BCUT2D eigenvalue weighted by molar-refractivity contribution is 9.10. The largest absolute Gasteiger partial charge is 0.507 e. The van der Waals surface area contributed by atoms with Crippen LogP contribution in [-0.4, -0.2) is 21.1 Å².